The highest BCUT2D eigenvalue weighted by molar-refractivity contribution is 5.86. The zero-order chi connectivity index (χ0) is 20.5. The van der Waals surface area contributed by atoms with E-state index in [1.807, 2.05) is 0 Å². The molecule has 0 aromatic heterocycles. The molecule has 28 heavy (non-hydrogen) atoms. The average Bonchev–Trinajstić information content (AvgIpc) is 2.92. The SMILES string of the molecule is CO[C@@]12C[C@H]3[C@@H](C[C@@H](OC(C)=O)[C@H]4C(C)(C)CCC[C@]34C)[C@@H](C)C1=CC(=O)O2. The molecule has 4 aliphatic rings. The molecule has 0 bridgehead atoms. The molecular weight excluding hydrogens is 356 g/mol. The van der Waals surface area contributed by atoms with Gasteiger partial charge in [0.2, 0.25) is 5.79 Å². The van der Waals surface area contributed by atoms with E-state index in [0.29, 0.717) is 24.2 Å². The summed E-state index contributed by atoms with van der Waals surface area (Å²) in [5, 5.41) is 0. The lowest BCUT2D eigenvalue weighted by Crippen LogP contribution is -2.63. The molecule has 7 atom stereocenters. The van der Waals surface area contributed by atoms with Crippen LogP contribution in [0.3, 0.4) is 0 Å². The molecule has 0 aromatic rings. The van der Waals surface area contributed by atoms with Gasteiger partial charge in [0, 0.05) is 38.0 Å². The third-order valence-electron chi connectivity index (χ3n) is 8.58. The highest BCUT2D eigenvalue weighted by Gasteiger charge is 2.65. The van der Waals surface area contributed by atoms with Crippen LogP contribution in [-0.2, 0) is 23.8 Å². The molecule has 0 unspecified atom stereocenters. The minimum absolute atomic E-state index is 0.0189. The number of hydrogen-bond acceptors (Lipinski definition) is 5. The van der Waals surface area contributed by atoms with Gasteiger partial charge in [-0.3, -0.25) is 4.79 Å². The first-order valence-corrected chi connectivity index (χ1v) is 10.7. The van der Waals surface area contributed by atoms with Crippen LogP contribution in [0.5, 0.6) is 0 Å². The van der Waals surface area contributed by atoms with Crippen molar-refractivity contribution in [1.29, 1.82) is 0 Å². The summed E-state index contributed by atoms with van der Waals surface area (Å²) in [5.41, 5.74) is 1.08. The highest BCUT2D eigenvalue weighted by Crippen LogP contribution is 2.67. The second-order valence-corrected chi connectivity index (χ2v) is 10.5. The van der Waals surface area contributed by atoms with Crippen molar-refractivity contribution in [2.45, 2.75) is 78.6 Å². The van der Waals surface area contributed by atoms with Crippen LogP contribution < -0.4 is 0 Å². The Kier molecular flexibility index (Phi) is 4.50. The first-order valence-electron chi connectivity index (χ1n) is 10.7. The zero-order valence-corrected chi connectivity index (χ0v) is 18.0. The number of hydrogen-bond donors (Lipinski definition) is 0. The Balaban J connectivity index is 1.80. The van der Waals surface area contributed by atoms with Gasteiger partial charge in [-0.15, -0.1) is 0 Å². The lowest BCUT2D eigenvalue weighted by Gasteiger charge is -2.64. The van der Waals surface area contributed by atoms with Crippen LogP contribution in [0.4, 0.5) is 0 Å². The quantitative estimate of drug-likeness (QED) is 0.660. The lowest BCUT2D eigenvalue weighted by atomic mass is 9.42. The van der Waals surface area contributed by atoms with Gasteiger partial charge in [-0.25, -0.2) is 4.79 Å². The third-order valence-corrected chi connectivity index (χ3v) is 8.58. The molecule has 0 N–H and O–H groups in total. The molecule has 3 fully saturated rings. The topological polar surface area (TPSA) is 61.8 Å². The maximum atomic E-state index is 12.2. The lowest BCUT2D eigenvalue weighted by molar-refractivity contribution is -0.247. The van der Waals surface area contributed by atoms with Crippen LogP contribution in [0.15, 0.2) is 11.6 Å². The molecule has 3 aliphatic carbocycles. The summed E-state index contributed by atoms with van der Waals surface area (Å²) in [5.74, 6) is -0.245. The Morgan fingerprint density at radius 1 is 1.25 bits per heavy atom. The van der Waals surface area contributed by atoms with E-state index in [9.17, 15) is 9.59 Å². The standard InChI is InChI=1S/C23H34O5/c1-13-15-10-18(27-14(2)24)20-21(3,4)8-7-9-22(20,5)17(15)12-23(26-6)16(13)11-19(25)28-23/h11,13,15,17-18,20H,7-10,12H2,1-6H3/t13-,15+,17+,18-,20+,22-,23-/m1/s1. The molecule has 3 saturated carbocycles. The number of methoxy groups -OCH3 is 1. The van der Waals surface area contributed by atoms with E-state index < -0.39 is 5.79 Å². The minimum atomic E-state index is -0.916. The second kappa shape index (κ2) is 6.32. The normalized spacial score (nSPS) is 46.6. The fraction of sp³-hybridized carbons (Fsp3) is 0.826. The van der Waals surface area contributed by atoms with Crippen molar-refractivity contribution in [3.05, 3.63) is 11.6 Å². The predicted molar refractivity (Wildman–Crippen MR) is 104 cm³/mol. The molecule has 1 heterocycles. The zero-order valence-electron chi connectivity index (χ0n) is 18.0. The van der Waals surface area contributed by atoms with Crippen LogP contribution in [0.1, 0.15) is 66.7 Å². The number of carbonyl (C=O) groups excluding carboxylic acids is 2. The van der Waals surface area contributed by atoms with Crippen LogP contribution in [0, 0.1) is 34.5 Å². The van der Waals surface area contributed by atoms with Crippen LogP contribution >= 0.6 is 0 Å². The van der Waals surface area contributed by atoms with Crippen molar-refractivity contribution >= 4 is 11.9 Å². The molecule has 5 heteroatoms. The molecular formula is C23H34O5. The average molecular weight is 391 g/mol. The Morgan fingerprint density at radius 3 is 2.61 bits per heavy atom. The van der Waals surface area contributed by atoms with Crippen molar-refractivity contribution in [2.24, 2.45) is 34.5 Å². The minimum Gasteiger partial charge on any atom is -0.462 e. The summed E-state index contributed by atoms with van der Waals surface area (Å²) in [6.45, 7) is 10.7. The van der Waals surface area contributed by atoms with Crippen molar-refractivity contribution in [2.75, 3.05) is 7.11 Å². The molecule has 0 amide bonds. The molecule has 0 aromatic carbocycles. The summed E-state index contributed by atoms with van der Waals surface area (Å²) < 4.78 is 17.6. The van der Waals surface area contributed by atoms with Crippen LogP contribution in [0.25, 0.3) is 0 Å². The van der Waals surface area contributed by atoms with Gasteiger partial charge in [0.05, 0.1) is 0 Å². The van der Waals surface area contributed by atoms with Gasteiger partial charge in [0.25, 0.3) is 0 Å². The Bertz CT molecular complexity index is 725. The maximum absolute atomic E-state index is 12.2. The van der Waals surface area contributed by atoms with Crippen molar-refractivity contribution in [3.8, 4) is 0 Å². The molecule has 1 aliphatic heterocycles. The van der Waals surface area contributed by atoms with E-state index in [-0.39, 0.29) is 34.8 Å². The van der Waals surface area contributed by atoms with Crippen molar-refractivity contribution in [1.82, 2.24) is 0 Å². The summed E-state index contributed by atoms with van der Waals surface area (Å²) in [4.78, 5) is 24.1. The summed E-state index contributed by atoms with van der Waals surface area (Å²) >= 11 is 0. The number of rotatable bonds is 2. The van der Waals surface area contributed by atoms with Crippen molar-refractivity contribution < 1.29 is 23.8 Å². The van der Waals surface area contributed by atoms with E-state index in [0.717, 1.165) is 24.8 Å². The van der Waals surface area contributed by atoms with Gasteiger partial charge in [-0.1, -0.05) is 34.1 Å². The Hall–Kier alpha value is -1.36. The predicted octanol–water partition coefficient (Wildman–Crippen LogP) is 4.25. The molecule has 0 saturated heterocycles. The monoisotopic (exact) mass is 390 g/mol. The fourth-order valence-corrected chi connectivity index (χ4v) is 7.69. The largest absolute Gasteiger partial charge is 0.462 e. The van der Waals surface area contributed by atoms with E-state index in [1.54, 1.807) is 13.2 Å². The number of carbonyl (C=O) groups is 2. The first kappa shape index (κ1) is 19.9. The first-order chi connectivity index (χ1) is 13.0. The van der Waals surface area contributed by atoms with Gasteiger partial charge in [-0.05, 0) is 47.8 Å². The van der Waals surface area contributed by atoms with E-state index in [2.05, 4.69) is 27.7 Å². The molecule has 0 spiro atoms. The third kappa shape index (κ3) is 2.68. The van der Waals surface area contributed by atoms with Crippen LogP contribution in [0.2, 0.25) is 0 Å². The van der Waals surface area contributed by atoms with Gasteiger partial charge in [0.1, 0.15) is 6.10 Å². The summed E-state index contributed by atoms with van der Waals surface area (Å²) in [6.07, 6.45) is 6.53. The number of fused-ring (bicyclic) bond motifs is 4. The Labute approximate surface area is 168 Å². The summed E-state index contributed by atoms with van der Waals surface area (Å²) in [6, 6.07) is 0. The van der Waals surface area contributed by atoms with Gasteiger partial charge >= 0.3 is 11.9 Å². The molecule has 0 radical (unpaired) electrons. The molecule has 4 rings (SSSR count). The number of ether oxygens (including phenoxy) is 3. The molecule has 156 valence electrons. The van der Waals surface area contributed by atoms with E-state index >= 15 is 0 Å². The summed E-state index contributed by atoms with van der Waals surface area (Å²) in [7, 11) is 1.65. The highest BCUT2D eigenvalue weighted by atomic mass is 16.7. The van der Waals surface area contributed by atoms with Crippen molar-refractivity contribution in [3.63, 3.8) is 0 Å². The van der Waals surface area contributed by atoms with Gasteiger partial charge in [0.15, 0.2) is 0 Å². The van der Waals surface area contributed by atoms with E-state index in [1.165, 1.54) is 13.3 Å². The number of esters is 2. The van der Waals surface area contributed by atoms with Gasteiger partial charge < -0.3 is 14.2 Å². The fourth-order valence-electron chi connectivity index (χ4n) is 7.69. The Morgan fingerprint density at radius 2 is 1.96 bits per heavy atom. The second-order valence-electron chi connectivity index (χ2n) is 10.5. The molecule has 5 nitrogen and oxygen atoms in total. The maximum Gasteiger partial charge on any atom is 0.333 e. The van der Waals surface area contributed by atoms with Gasteiger partial charge in [-0.2, -0.15) is 0 Å². The van der Waals surface area contributed by atoms with Crippen LogP contribution in [-0.4, -0.2) is 30.9 Å². The van der Waals surface area contributed by atoms with E-state index in [4.69, 9.17) is 14.2 Å². The smallest absolute Gasteiger partial charge is 0.333 e.